The van der Waals surface area contributed by atoms with Crippen LogP contribution in [0.1, 0.15) is 30.9 Å². The first-order chi connectivity index (χ1) is 6.77. The number of hydrogen-bond donors (Lipinski definition) is 2. The van der Waals surface area contributed by atoms with Crippen LogP contribution in [0.2, 0.25) is 0 Å². The second kappa shape index (κ2) is 4.49. The zero-order valence-electron chi connectivity index (χ0n) is 7.96. The summed E-state index contributed by atoms with van der Waals surface area (Å²) in [6.07, 6.45) is 3.79. The largest absolute Gasteiger partial charge is 0.508 e. The Balaban J connectivity index is 2.22. The van der Waals surface area contributed by atoms with Crippen molar-refractivity contribution in [1.29, 1.82) is 0 Å². The lowest BCUT2D eigenvalue weighted by Gasteiger charge is -2.24. The van der Waals surface area contributed by atoms with Gasteiger partial charge in [-0.05, 0) is 59.7 Å². The van der Waals surface area contributed by atoms with E-state index in [2.05, 4.69) is 27.9 Å². The highest BCUT2D eigenvalue weighted by molar-refractivity contribution is 14.1. The van der Waals surface area contributed by atoms with Crippen molar-refractivity contribution in [2.45, 2.75) is 25.3 Å². The minimum absolute atomic E-state index is 0.356. The van der Waals surface area contributed by atoms with Crippen molar-refractivity contribution >= 4 is 22.6 Å². The van der Waals surface area contributed by atoms with Crippen molar-refractivity contribution in [2.24, 2.45) is 0 Å². The SMILES string of the molecule is Oc1ccc([C@H]2CCCCN2)c(I)c1. The standard InChI is InChI=1S/C11H14INO/c12-10-7-8(14)4-5-9(10)11-3-1-2-6-13-11/h4-5,7,11,13-14H,1-3,6H2/t11-/m1/s1. The van der Waals surface area contributed by atoms with Gasteiger partial charge >= 0.3 is 0 Å². The molecule has 0 radical (unpaired) electrons. The maximum absolute atomic E-state index is 9.31. The first-order valence-corrected chi connectivity index (χ1v) is 6.07. The Morgan fingerprint density at radius 1 is 1.36 bits per heavy atom. The van der Waals surface area contributed by atoms with Gasteiger partial charge in [-0.3, -0.25) is 0 Å². The van der Waals surface area contributed by atoms with Crippen LogP contribution in [0.4, 0.5) is 0 Å². The summed E-state index contributed by atoms with van der Waals surface area (Å²) in [6.45, 7) is 1.11. The van der Waals surface area contributed by atoms with Crippen LogP contribution in [0.3, 0.4) is 0 Å². The number of halogens is 1. The second-order valence-electron chi connectivity index (χ2n) is 3.71. The van der Waals surface area contributed by atoms with Crippen molar-refractivity contribution in [3.05, 3.63) is 27.3 Å². The van der Waals surface area contributed by atoms with Crippen LogP contribution in [-0.2, 0) is 0 Å². The van der Waals surface area contributed by atoms with E-state index in [9.17, 15) is 5.11 Å². The third kappa shape index (κ3) is 2.20. The Kier molecular flexibility index (Phi) is 3.28. The second-order valence-corrected chi connectivity index (χ2v) is 4.87. The Hall–Kier alpha value is -0.290. The zero-order valence-corrected chi connectivity index (χ0v) is 10.1. The summed E-state index contributed by atoms with van der Waals surface area (Å²) in [5, 5.41) is 12.8. The maximum atomic E-state index is 9.31. The van der Waals surface area contributed by atoms with Gasteiger partial charge in [0.15, 0.2) is 0 Å². The van der Waals surface area contributed by atoms with Gasteiger partial charge in [0.05, 0.1) is 0 Å². The molecule has 2 N–H and O–H groups in total. The van der Waals surface area contributed by atoms with Crippen molar-refractivity contribution in [3.63, 3.8) is 0 Å². The minimum Gasteiger partial charge on any atom is -0.508 e. The highest BCUT2D eigenvalue weighted by Gasteiger charge is 2.16. The molecule has 1 fully saturated rings. The number of rotatable bonds is 1. The molecule has 76 valence electrons. The number of nitrogens with one attached hydrogen (secondary N) is 1. The summed E-state index contributed by atoms with van der Waals surface area (Å²) < 4.78 is 1.15. The van der Waals surface area contributed by atoms with E-state index in [1.165, 1.54) is 24.8 Å². The molecule has 0 amide bonds. The molecule has 0 bridgehead atoms. The third-order valence-electron chi connectivity index (χ3n) is 2.67. The third-order valence-corrected chi connectivity index (χ3v) is 3.60. The predicted molar refractivity (Wildman–Crippen MR) is 65.4 cm³/mol. The number of benzene rings is 1. The van der Waals surface area contributed by atoms with Crippen LogP contribution in [-0.4, -0.2) is 11.7 Å². The van der Waals surface area contributed by atoms with Gasteiger partial charge in [0, 0.05) is 9.61 Å². The van der Waals surface area contributed by atoms with Crippen molar-refractivity contribution in [1.82, 2.24) is 5.32 Å². The molecular formula is C11H14INO. The topological polar surface area (TPSA) is 32.3 Å². The smallest absolute Gasteiger partial charge is 0.116 e. The summed E-state index contributed by atoms with van der Waals surface area (Å²) >= 11 is 2.29. The molecular weight excluding hydrogens is 289 g/mol. The first-order valence-electron chi connectivity index (χ1n) is 4.99. The fourth-order valence-corrected chi connectivity index (χ4v) is 2.79. The highest BCUT2D eigenvalue weighted by atomic mass is 127. The number of phenolic OH excluding ortho intramolecular Hbond substituents is 1. The first kappa shape index (κ1) is 10.2. The van der Waals surface area contributed by atoms with Crippen molar-refractivity contribution in [2.75, 3.05) is 6.54 Å². The molecule has 0 unspecified atom stereocenters. The molecule has 1 aliphatic rings. The molecule has 3 heteroatoms. The Morgan fingerprint density at radius 3 is 2.86 bits per heavy atom. The number of piperidine rings is 1. The molecule has 0 saturated carbocycles. The molecule has 0 aliphatic carbocycles. The van der Waals surface area contributed by atoms with Crippen LogP contribution < -0.4 is 5.32 Å². The maximum Gasteiger partial charge on any atom is 0.116 e. The Morgan fingerprint density at radius 2 is 2.21 bits per heavy atom. The van der Waals surface area contributed by atoms with E-state index >= 15 is 0 Å². The van der Waals surface area contributed by atoms with Crippen LogP contribution in [0.25, 0.3) is 0 Å². The molecule has 0 aromatic heterocycles. The number of aromatic hydroxyl groups is 1. The van der Waals surface area contributed by atoms with E-state index in [-0.39, 0.29) is 0 Å². The molecule has 2 nitrogen and oxygen atoms in total. The van der Waals surface area contributed by atoms with Gasteiger partial charge in [0.1, 0.15) is 5.75 Å². The van der Waals surface area contributed by atoms with E-state index in [4.69, 9.17) is 0 Å². The number of phenols is 1. The van der Waals surface area contributed by atoms with Crippen LogP contribution >= 0.6 is 22.6 Å². The monoisotopic (exact) mass is 303 g/mol. The molecule has 1 heterocycles. The van der Waals surface area contributed by atoms with Gasteiger partial charge in [-0.2, -0.15) is 0 Å². The lowest BCUT2D eigenvalue weighted by atomic mass is 9.98. The van der Waals surface area contributed by atoms with Crippen LogP contribution in [0.5, 0.6) is 5.75 Å². The fraction of sp³-hybridized carbons (Fsp3) is 0.455. The average molecular weight is 303 g/mol. The fourth-order valence-electron chi connectivity index (χ4n) is 1.92. The van der Waals surface area contributed by atoms with E-state index in [0.29, 0.717) is 11.8 Å². The minimum atomic E-state index is 0.356. The summed E-state index contributed by atoms with van der Waals surface area (Å²) in [4.78, 5) is 0. The van der Waals surface area contributed by atoms with Crippen LogP contribution in [0, 0.1) is 3.57 Å². The zero-order chi connectivity index (χ0) is 9.97. The lowest BCUT2D eigenvalue weighted by Crippen LogP contribution is -2.27. The van der Waals surface area contributed by atoms with Gasteiger partial charge in [-0.1, -0.05) is 12.5 Å². The predicted octanol–water partition coefficient (Wildman–Crippen LogP) is 2.81. The van der Waals surface area contributed by atoms with Gasteiger partial charge < -0.3 is 10.4 Å². The molecule has 0 spiro atoms. The van der Waals surface area contributed by atoms with Gasteiger partial charge in [0.25, 0.3) is 0 Å². The highest BCUT2D eigenvalue weighted by Crippen LogP contribution is 2.28. The molecule has 2 rings (SSSR count). The normalized spacial score (nSPS) is 22.2. The van der Waals surface area contributed by atoms with Crippen LogP contribution in [0.15, 0.2) is 18.2 Å². The van der Waals surface area contributed by atoms with E-state index in [1.807, 2.05) is 12.1 Å². The summed E-state index contributed by atoms with van der Waals surface area (Å²) in [6, 6.07) is 6.11. The Bertz CT molecular complexity index is 321. The molecule has 1 aliphatic heterocycles. The number of hydrogen-bond acceptors (Lipinski definition) is 2. The lowest BCUT2D eigenvalue weighted by molar-refractivity contribution is 0.410. The molecule has 1 aromatic carbocycles. The van der Waals surface area contributed by atoms with Gasteiger partial charge in [-0.25, -0.2) is 0 Å². The quantitative estimate of drug-likeness (QED) is 0.782. The average Bonchev–Trinajstić information content (AvgIpc) is 2.19. The van der Waals surface area contributed by atoms with E-state index in [1.54, 1.807) is 6.07 Å². The summed E-state index contributed by atoms with van der Waals surface area (Å²) in [7, 11) is 0. The summed E-state index contributed by atoms with van der Waals surface area (Å²) in [5.74, 6) is 0.356. The molecule has 14 heavy (non-hydrogen) atoms. The Labute approximate surface area is 97.9 Å². The van der Waals surface area contributed by atoms with E-state index < -0.39 is 0 Å². The molecule has 1 saturated heterocycles. The van der Waals surface area contributed by atoms with Gasteiger partial charge in [0.2, 0.25) is 0 Å². The van der Waals surface area contributed by atoms with E-state index in [0.717, 1.165) is 10.1 Å². The van der Waals surface area contributed by atoms with Gasteiger partial charge in [-0.15, -0.1) is 0 Å². The van der Waals surface area contributed by atoms with Crippen molar-refractivity contribution in [3.8, 4) is 5.75 Å². The van der Waals surface area contributed by atoms with Crippen molar-refractivity contribution < 1.29 is 5.11 Å². The summed E-state index contributed by atoms with van der Waals surface area (Å²) in [5.41, 5.74) is 1.32. The molecule has 1 atom stereocenters. The molecule has 1 aromatic rings.